The van der Waals surface area contributed by atoms with Gasteiger partial charge < -0.3 is 4.74 Å². The Labute approximate surface area is 170 Å². The van der Waals surface area contributed by atoms with Gasteiger partial charge in [0, 0.05) is 69.5 Å². The Hall–Kier alpha value is -2.66. The zero-order chi connectivity index (χ0) is 20.1. The Morgan fingerprint density at radius 2 is 1.97 bits per heavy atom. The van der Waals surface area contributed by atoms with Gasteiger partial charge in [0.05, 0.1) is 0 Å². The van der Waals surface area contributed by atoms with Crippen LogP contribution in [0.1, 0.15) is 34.5 Å². The van der Waals surface area contributed by atoms with Crippen LogP contribution < -0.4 is 0 Å². The zero-order valence-electron chi connectivity index (χ0n) is 16.4. The minimum absolute atomic E-state index is 0.0593. The molecular formula is C22H25N5O2. The lowest BCUT2D eigenvalue weighted by Crippen LogP contribution is -2.53. The van der Waals surface area contributed by atoms with Crippen LogP contribution in [-0.4, -0.2) is 70.5 Å². The van der Waals surface area contributed by atoms with E-state index in [2.05, 4.69) is 25.8 Å². The summed E-state index contributed by atoms with van der Waals surface area (Å²) in [5.41, 5.74) is 2.26. The number of carbonyl (C=O) groups excluding carboxylic acids is 1. The van der Waals surface area contributed by atoms with Gasteiger partial charge in [0.15, 0.2) is 5.78 Å². The fourth-order valence-corrected chi connectivity index (χ4v) is 4.12. The molecule has 0 aromatic carbocycles. The topological polar surface area (TPSA) is 82.4 Å². The van der Waals surface area contributed by atoms with Crippen molar-refractivity contribution in [3.05, 3.63) is 59.7 Å². The number of nitrogens with zero attached hydrogens (tertiary/aromatic N) is 5. The molecule has 0 bridgehead atoms. The molecule has 0 amide bonds. The molecule has 4 rings (SSSR count). The van der Waals surface area contributed by atoms with E-state index in [0.29, 0.717) is 23.9 Å². The first-order chi connectivity index (χ1) is 14.2. The normalized spacial score (nSPS) is 23.4. The zero-order valence-corrected chi connectivity index (χ0v) is 16.4. The first kappa shape index (κ1) is 19.6. The second-order valence-electron chi connectivity index (χ2n) is 7.61. The number of ether oxygens (including phenoxy) is 1. The fourth-order valence-electron chi connectivity index (χ4n) is 4.12. The summed E-state index contributed by atoms with van der Waals surface area (Å²) in [6, 6.07) is 9.70. The van der Waals surface area contributed by atoms with Gasteiger partial charge in [0.25, 0.3) is 0 Å². The number of pyridine rings is 2. The highest BCUT2D eigenvalue weighted by Gasteiger charge is 2.33. The van der Waals surface area contributed by atoms with Gasteiger partial charge in [-0.3, -0.25) is 19.6 Å². The van der Waals surface area contributed by atoms with E-state index < -0.39 is 0 Å². The van der Waals surface area contributed by atoms with Crippen LogP contribution in [0.25, 0.3) is 0 Å². The summed E-state index contributed by atoms with van der Waals surface area (Å²) in [6.07, 6.45) is 6.45. The molecular weight excluding hydrogens is 366 g/mol. The molecule has 0 spiro atoms. The van der Waals surface area contributed by atoms with Gasteiger partial charge in [-0.15, -0.1) is 0 Å². The van der Waals surface area contributed by atoms with E-state index in [1.54, 1.807) is 36.8 Å². The van der Waals surface area contributed by atoms with E-state index >= 15 is 0 Å². The molecule has 2 atom stereocenters. The smallest absolute Gasteiger partial charge is 0.191 e. The number of piperazine rings is 1. The molecule has 0 aliphatic carbocycles. The van der Waals surface area contributed by atoms with Crippen LogP contribution >= 0.6 is 0 Å². The predicted molar refractivity (Wildman–Crippen MR) is 107 cm³/mol. The quantitative estimate of drug-likeness (QED) is 0.720. The summed E-state index contributed by atoms with van der Waals surface area (Å²) in [5.74, 6) is 0.0593. The maximum atomic E-state index is 12.7. The summed E-state index contributed by atoms with van der Waals surface area (Å²) in [5, 5.41) is 8.86. The number of rotatable bonds is 5. The van der Waals surface area contributed by atoms with Gasteiger partial charge in [-0.05, 0) is 36.6 Å². The number of nitriles is 1. The molecule has 2 unspecified atom stereocenters. The van der Waals surface area contributed by atoms with Gasteiger partial charge in [0.1, 0.15) is 17.9 Å². The second-order valence-corrected chi connectivity index (χ2v) is 7.61. The number of carbonyl (C=O) groups is 1. The molecule has 2 aliphatic heterocycles. The van der Waals surface area contributed by atoms with Crippen molar-refractivity contribution < 1.29 is 9.53 Å². The second kappa shape index (κ2) is 9.23. The maximum Gasteiger partial charge on any atom is 0.191 e. The maximum absolute atomic E-state index is 12.7. The molecule has 29 heavy (non-hydrogen) atoms. The first-order valence-corrected chi connectivity index (χ1v) is 10.1. The van der Waals surface area contributed by atoms with Crippen molar-refractivity contribution in [2.24, 2.45) is 0 Å². The van der Waals surface area contributed by atoms with Crippen molar-refractivity contribution in [1.29, 1.82) is 5.26 Å². The highest BCUT2D eigenvalue weighted by molar-refractivity contribution is 5.99. The Balaban J connectivity index is 1.29. The average molecular weight is 391 g/mol. The summed E-state index contributed by atoms with van der Waals surface area (Å²) < 4.78 is 5.80. The first-order valence-electron chi connectivity index (χ1n) is 10.1. The molecule has 0 saturated carbocycles. The Morgan fingerprint density at radius 3 is 2.66 bits per heavy atom. The van der Waals surface area contributed by atoms with Crippen molar-refractivity contribution in [3.8, 4) is 6.07 Å². The van der Waals surface area contributed by atoms with Crippen LogP contribution in [0.4, 0.5) is 0 Å². The number of aromatic nitrogens is 2. The van der Waals surface area contributed by atoms with Crippen molar-refractivity contribution in [3.63, 3.8) is 0 Å². The SMILES string of the molecule is N#Cc1ccc(CN2CCN(C3CCOC(C(=O)c4ccncc4)C3)CC2)cn1. The third-order valence-electron chi connectivity index (χ3n) is 5.78. The minimum Gasteiger partial charge on any atom is -0.370 e. The van der Waals surface area contributed by atoms with Crippen LogP contribution in [0.2, 0.25) is 0 Å². The Morgan fingerprint density at radius 1 is 1.17 bits per heavy atom. The van der Waals surface area contributed by atoms with E-state index in [-0.39, 0.29) is 11.9 Å². The summed E-state index contributed by atoms with van der Waals surface area (Å²) in [7, 11) is 0. The van der Waals surface area contributed by atoms with Crippen LogP contribution in [0.5, 0.6) is 0 Å². The van der Waals surface area contributed by atoms with Gasteiger partial charge >= 0.3 is 0 Å². The van der Waals surface area contributed by atoms with Gasteiger partial charge in [-0.25, -0.2) is 4.98 Å². The lowest BCUT2D eigenvalue weighted by atomic mass is 9.95. The lowest BCUT2D eigenvalue weighted by molar-refractivity contribution is -0.0259. The molecule has 2 fully saturated rings. The lowest BCUT2D eigenvalue weighted by Gasteiger charge is -2.42. The number of hydrogen-bond acceptors (Lipinski definition) is 7. The molecule has 0 radical (unpaired) electrons. The van der Waals surface area contributed by atoms with Crippen LogP contribution in [0, 0.1) is 11.3 Å². The third kappa shape index (κ3) is 4.85. The van der Waals surface area contributed by atoms with Crippen LogP contribution in [0.3, 0.4) is 0 Å². The van der Waals surface area contributed by atoms with Crippen LogP contribution in [-0.2, 0) is 11.3 Å². The average Bonchev–Trinajstić information content (AvgIpc) is 2.80. The number of Topliss-reactive ketones (excluding diaryl/α,β-unsaturated/α-hetero) is 1. The summed E-state index contributed by atoms with van der Waals surface area (Å²) in [4.78, 5) is 25.8. The monoisotopic (exact) mass is 391 g/mol. The molecule has 7 nitrogen and oxygen atoms in total. The number of hydrogen-bond donors (Lipinski definition) is 0. The molecule has 7 heteroatoms. The Kier molecular flexibility index (Phi) is 6.25. The highest BCUT2D eigenvalue weighted by Crippen LogP contribution is 2.23. The van der Waals surface area contributed by atoms with Crippen molar-refractivity contribution >= 4 is 5.78 Å². The van der Waals surface area contributed by atoms with Gasteiger partial charge in [-0.2, -0.15) is 5.26 Å². The van der Waals surface area contributed by atoms with E-state index in [9.17, 15) is 4.79 Å². The third-order valence-corrected chi connectivity index (χ3v) is 5.78. The summed E-state index contributed by atoms with van der Waals surface area (Å²) >= 11 is 0. The predicted octanol–water partition coefficient (Wildman–Crippen LogP) is 1.90. The molecule has 2 aliphatic rings. The van der Waals surface area contributed by atoms with Crippen molar-refractivity contribution in [1.82, 2.24) is 19.8 Å². The van der Waals surface area contributed by atoms with Crippen molar-refractivity contribution in [2.75, 3.05) is 32.8 Å². The Bertz CT molecular complexity index is 857. The molecule has 2 aromatic heterocycles. The summed E-state index contributed by atoms with van der Waals surface area (Å²) in [6.45, 7) is 5.43. The molecule has 2 saturated heterocycles. The highest BCUT2D eigenvalue weighted by atomic mass is 16.5. The minimum atomic E-state index is -0.362. The molecule has 4 heterocycles. The van der Waals surface area contributed by atoms with Gasteiger partial charge in [-0.1, -0.05) is 6.07 Å². The van der Waals surface area contributed by atoms with Crippen LogP contribution in [0.15, 0.2) is 42.9 Å². The molecule has 0 N–H and O–H groups in total. The van der Waals surface area contributed by atoms with Gasteiger partial charge in [0.2, 0.25) is 0 Å². The van der Waals surface area contributed by atoms with E-state index in [0.717, 1.165) is 51.1 Å². The van der Waals surface area contributed by atoms with Crippen molar-refractivity contribution in [2.45, 2.75) is 31.5 Å². The van der Waals surface area contributed by atoms with E-state index in [1.165, 1.54) is 0 Å². The fraction of sp³-hybridized carbons (Fsp3) is 0.455. The van der Waals surface area contributed by atoms with E-state index in [4.69, 9.17) is 10.00 Å². The largest absolute Gasteiger partial charge is 0.370 e. The number of ketones is 1. The molecule has 150 valence electrons. The van der Waals surface area contributed by atoms with E-state index in [1.807, 2.05) is 6.07 Å². The molecule has 2 aromatic rings. The standard InChI is InChI=1S/C22H25N5O2/c23-14-19-2-1-17(15-25-19)16-26-8-10-27(11-9-26)20-5-12-29-21(13-20)22(28)18-3-6-24-7-4-18/h1-4,6-7,15,20-21H,5,8-13,16H2.